The van der Waals surface area contributed by atoms with E-state index in [1.165, 1.54) is 0 Å². The minimum atomic E-state index is -0.571. The fourth-order valence-corrected chi connectivity index (χ4v) is 1.92. The number of aromatic nitrogens is 4. The Morgan fingerprint density at radius 1 is 1.53 bits per heavy atom. The quantitative estimate of drug-likeness (QED) is 0.841. The number of aromatic amines is 1. The molecule has 0 aliphatic heterocycles. The second-order valence-corrected chi connectivity index (χ2v) is 3.88. The number of nitrogens with zero attached hydrogens (tertiary/aromatic N) is 3. The van der Waals surface area contributed by atoms with Crippen LogP contribution in [0.1, 0.15) is 5.56 Å². The molecule has 1 heterocycles. The monoisotopic (exact) mass is 320 g/mol. The summed E-state index contributed by atoms with van der Waals surface area (Å²) >= 11 is 1.98. The molecule has 0 unspecified atom stereocenters. The lowest BCUT2D eigenvalue weighted by atomic mass is 10.2. The highest BCUT2D eigenvalue weighted by molar-refractivity contribution is 14.1. The maximum Gasteiger partial charge on any atom is 0.365 e. The van der Waals surface area contributed by atoms with E-state index in [-0.39, 0.29) is 0 Å². The number of hydrogen-bond acceptors (Lipinski definition) is 3. The lowest BCUT2D eigenvalue weighted by Crippen LogP contribution is -2.17. The maximum absolute atomic E-state index is 12.6. The fourth-order valence-electron chi connectivity index (χ4n) is 1.19. The predicted molar refractivity (Wildman–Crippen MR) is 59.5 cm³/mol. The summed E-state index contributed by atoms with van der Waals surface area (Å²) in [4.78, 5) is 11.3. The average Bonchev–Trinajstić information content (AvgIpc) is 2.65. The van der Waals surface area contributed by atoms with Gasteiger partial charge in [0.15, 0.2) is 0 Å². The zero-order valence-corrected chi connectivity index (χ0v) is 9.60. The van der Waals surface area contributed by atoms with Crippen molar-refractivity contribution < 1.29 is 4.39 Å². The molecule has 0 saturated heterocycles. The zero-order valence-electron chi connectivity index (χ0n) is 7.44. The molecule has 0 fully saturated rings. The first-order valence-corrected chi connectivity index (χ1v) is 5.16. The third-order valence-electron chi connectivity index (χ3n) is 1.90. The van der Waals surface area contributed by atoms with Gasteiger partial charge >= 0.3 is 5.69 Å². The molecule has 7 heteroatoms. The molecule has 0 amide bonds. The molecule has 0 saturated carbocycles. The van der Waals surface area contributed by atoms with Crippen molar-refractivity contribution in [2.45, 2.75) is 6.67 Å². The molecule has 0 atom stereocenters. The van der Waals surface area contributed by atoms with Crippen LogP contribution in [0.25, 0.3) is 5.69 Å². The Morgan fingerprint density at radius 3 is 2.93 bits per heavy atom. The van der Waals surface area contributed by atoms with Gasteiger partial charge in [-0.15, -0.1) is 0 Å². The molecular weight excluding hydrogens is 314 g/mol. The number of halogens is 2. The third kappa shape index (κ3) is 1.78. The van der Waals surface area contributed by atoms with Gasteiger partial charge in [-0.1, -0.05) is 12.1 Å². The number of tetrazole rings is 1. The summed E-state index contributed by atoms with van der Waals surface area (Å²) in [5.41, 5.74) is 0.622. The van der Waals surface area contributed by atoms with E-state index in [4.69, 9.17) is 0 Å². The molecule has 1 aromatic heterocycles. The second kappa shape index (κ2) is 4.09. The van der Waals surface area contributed by atoms with E-state index >= 15 is 0 Å². The highest BCUT2D eigenvalue weighted by Gasteiger charge is 2.10. The molecule has 0 aliphatic rings. The van der Waals surface area contributed by atoms with Crippen LogP contribution in [0.15, 0.2) is 23.0 Å². The predicted octanol–water partition coefficient (Wildman–Crippen LogP) is 1.03. The van der Waals surface area contributed by atoms with Crippen molar-refractivity contribution in [3.63, 3.8) is 0 Å². The molecule has 78 valence electrons. The van der Waals surface area contributed by atoms with Gasteiger partial charge in [0.2, 0.25) is 0 Å². The molecule has 0 spiro atoms. The zero-order chi connectivity index (χ0) is 10.8. The first-order chi connectivity index (χ1) is 7.24. The van der Waals surface area contributed by atoms with Crippen molar-refractivity contribution in [2.24, 2.45) is 0 Å². The van der Waals surface area contributed by atoms with Gasteiger partial charge in [0.25, 0.3) is 0 Å². The number of nitrogens with one attached hydrogen (secondary N) is 1. The van der Waals surface area contributed by atoms with E-state index in [0.29, 0.717) is 14.8 Å². The van der Waals surface area contributed by atoms with Crippen LogP contribution < -0.4 is 5.69 Å². The van der Waals surface area contributed by atoms with Crippen molar-refractivity contribution in [3.05, 3.63) is 37.8 Å². The van der Waals surface area contributed by atoms with Gasteiger partial charge in [-0.2, -0.15) is 4.68 Å². The van der Waals surface area contributed by atoms with Gasteiger partial charge < -0.3 is 0 Å². The van der Waals surface area contributed by atoms with Crippen LogP contribution >= 0.6 is 22.6 Å². The SMILES string of the molecule is O=c1[nH]nnn1-c1cccc(CF)c1I. The first-order valence-electron chi connectivity index (χ1n) is 4.08. The molecular formula is C8H6FIN4O. The molecule has 2 rings (SSSR count). The topological polar surface area (TPSA) is 63.6 Å². The van der Waals surface area contributed by atoms with Crippen LogP contribution in [0, 0.1) is 3.57 Å². The van der Waals surface area contributed by atoms with Crippen LogP contribution in [0.5, 0.6) is 0 Å². The number of H-pyrrole nitrogens is 1. The Kier molecular flexibility index (Phi) is 2.80. The summed E-state index contributed by atoms with van der Waals surface area (Å²) in [6.07, 6.45) is 0. The first kappa shape index (κ1) is 10.3. The number of benzene rings is 1. The van der Waals surface area contributed by atoms with E-state index in [9.17, 15) is 9.18 Å². The van der Waals surface area contributed by atoms with E-state index in [1.807, 2.05) is 22.6 Å². The molecule has 15 heavy (non-hydrogen) atoms. The summed E-state index contributed by atoms with van der Waals surface area (Å²) < 4.78 is 14.3. The Morgan fingerprint density at radius 2 is 2.33 bits per heavy atom. The standard InChI is InChI=1S/C8H6FIN4O/c9-4-5-2-1-3-6(7(5)10)14-8(15)11-12-13-14/h1-3H,4H2,(H,11,13,15). The average molecular weight is 320 g/mol. The summed E-state index contributed by atoms with van der Waals surface area (Å²) in [6, 6.07) is 5.02. The molecule has 0 aliphatic carbocycles. The molecule has 0 radical (unpaired) electrons. The van der Waals surface area contributed by atoms with Crippen LogP contribution in [0.2, 0.25) is 0 Å². The second-order valence-electron chi connectivity index (χ2n) is 2.80. The fraction of sp³-hybridized carbons (Fsp3) is 0.125. The normalized spacial score (nSPS) is 10.5. The van der Waals surface area contributed by atoms with Gasteiger partial charge in [0.05, 0.1) is 5.69 Å². The summed E-state index contributed by atoms with van der Waals surface area (Å²) in [5, 5.41) is 9.15. The Hall–Kier alpha value is -1.25. The molecule has 2 aromatic rings. The largest absolute Gasteiger partial charge is 0.365 e. The van der Waals surface area contributed by atoms with Crippen molar-refractivity contribution in [1.82, 2.24) is 20.2 Å². The smallest absolute Gasteiger partial charge is 0.246 e. The molecule has 0 bridgehead atoms. The van der Waals surface area contributed by atoms with Crippen LogP contribution in [0.4, 0.5) is 4.39 Å². The van der Waals surface area contributed by atoms with Crippen LogP contribution in [-0.4, -0.2) is 20.2 Å². The van der Waals surface area contributed by atoms with Crippen molar-refractivity contribution in [1.29, 1.82) is 0 Å². The Bertz CT molecular complexity index is 535. The highest BCUT2D eigenvalue weighted by Crippen LogP contribution is 2.20. The molecule has 1 N–H and O–H groups in total. The molecule has 5 nitrogen and oxygen atoms in total. The lowest BCUT2D eigenvalue weighted by molar-refractivity contribution is 0.483. The minimum absolute atomic E-state index is 0.441. The molecule has 1 aromatic carbocycles. The van der Waals surface area contributed by atoms with Crippen LogP contribution in [-0.2, 0) is 6.67 Å². The van der Waals surface area contributed by atoms with Crippen molar-refractivity contribution >= 4 is 22.6 Å². The summed E-state index contributed by atoms with van der Waals surface area (Å²) in [5.74, 6) is 0. The Balaban J connectivity index is 2.64. The van der Waals surface area contributed by atoms with E-state index in [1.54, 1.807) is 18.2 Å². The number of rotatable bonds is 2. The maximum atomic E-state index is 12.6. The minimum Gasteiger partial charge on any atom is -0.246 e. The van der Waals surface area contributed by atoms with Crippen molar-refractivity contribution in [2.75, 3.05) is 0 Å². The van der Waals surface area contributed by atoms with Gasteiger partial charge in [0.1, 0.15) is 6.67 Å². The van der Waals surface area contributed by atoms with Gasteiger partial charge in [-0.05, 0) is 44.6 Å². The lowest BCUT2D eigenvalue weighted by Gasteiger charge is -2.04. The van der Waals surface area contributed by atoms with Crippen LogP contribution in [0.3, 0.4) is 0 Å². The Labute approximate surface area is 97.4 Å². The number of hydrogen-bond donors (Lipinski definition) is 1. The summed E-state index contributed by atoms with van der Waals surface area (Å²) in [7, 11) is 0. The van der Waals surface area contributed by atoms with E-state index in [2.05, 4.69) is 15.5 Å². The van der Waals surface area contributed by atoms with Gasteiger partial charge in [-0.3, -0.25) is 0 Å². The van der Waals surface area contributed by atoms with Gasteiger partial charge in [-0.25, -0.2) is 14.3 Å². The van der Waals surface area contributed by atoms with E-state index < -0.39 is 12.4 Å². The highest BCUT2D eigenvalue weighted by atomic mass is 127. The number of alkyl halides is 1. The van der Waals surface area contributed by atoms with Gasteiger partial charge in [0, 0.05) is 3.57 Å². The van der Waals surface area contributed by atoms with Crippen molar-refractivity contribution in [3.8, 4) is 5.69 Å². The third-order valence-corrected chi connectivity index (χ3v) is 3.15. The summed E-state index contributed by atoms with van der Waals surface area (Å²) in [6.45, 7) is -0.571. The van der Waals surface area contributed by atoms with E-state index in [0.717, 1.165) is 4.68 Å².